The predicted molar refractivity (Wildman–Crippen MR) is 131 cm³/mol. The molecule has 216 valence electrons. The van der Waals surface area contributed by atoms with Gasteiger partial charge in [-0.2, -0.15) is 13.2 Å². The quantitative estimate of drug-likeness (QED) is 0.307. The smallest absolute Gasteiger partial charge is 0.416 e. The summed E-state index contributed by atoms with van der Waals surface area (Å²) in [6.45, 7) is 2.86. The van der Waals surface area contributed by atoms with E-state index in [0.717, 1.165) is 38.1 Å². The molecule has 0 bridgehead atoms. The van der Waals surface area contributed by atoms with Crippen molar-refractivity contribution in [1.82, 2.24) is 5.32 Å². The standard InChI is InChI=1S/C25H22BrF5N2O7/c1-11(34)37-10-17(38-12(2)35)21(39-16-9-8-15(27)18(19(16)28)23(32)36)24(3)33-20(22(26)40-24)13-4-6-14(7-5-13)25(29,30)31/h4-9,17,21,33H,10H2,1-3H3,(H2,32,36). The lowest BCUT2D eigenvalue weighted by atomic mass is 10.0. The molecular weight excluding hydrogens is 615 g/mol. The summed E-state index contributed by atoms with van der Waals surface area (Å²) in [4.78, 5) is 35.1. The third kappa shape index (κ3) is 6.81. The van der Waals surface area contributed by atoms with Gasteiger partial charge in [0.05, 0.1) is 11.3 Å². The molecule has 9 nitrogen and oxygen atoms in total. The largest absolute Gasteiger partial charge is 0.477 e. The Labute approximate surface area is 232 Å². The Morgan fingerprint density at radius 2 is 1.70 bits per heavy atom. The molecule has 40 heavy (non-hydrogen) atoms. The Hall–Kier alpha value is -3.88. The summed E-state index contributed by atoms with van der Waals surface area (Å²) >= 11 is 3.18. The SMILES string of the molecule is CC(=O)OCC(OC(C)=O)C(Oc1ccc(F)c(C(N)=O)c1F)C1(C)NC(c2ccc(C(F)(F)F)cc2)=C(Br)O1. The van der Waals surface area contributed by atoms with Crippen molar-refractivity contribution >= 4 is 39.5 Å². The number of hydrogen-bond donors (Lipinski definition) is 2. The van der Waals surface area contributed by atoms with Crippen LogP contribution in [0, 0.1) is 11.6 Å². The molecule has 0 aromatic heterocycles. The fourth-order valence-electron chi connectivity index (χ4n) is 3.83. The van der Waals surface area contributed by atoms with Crippen LogP contribution in [0.1, 0.15) is 42.3 Å². The van der Waals surface area contributed by atoms with Gasteiger partial charge in [0.25, 0.3) is 5.91 Å². The number of esters is 2. The molecule has 0 saturated heterocycles. The maximum absolute atomic E-state index is 15.1. The number of carbonyl (C=O) groups is 3. The molecular formula is C25H22BrF5N2O7. The molecule has 1 heterocycles. The first-order valence-electron chi connectivity index (χ1n) is 11.3. The summed E-state index contributed by atoms with van der Waals surface area (Å²) < 4.78 is 90.2. The molecule has 0 spiro atoms. The van der Waals surface area contributed by atoms with Crippen LogP contribution in [0.5, 0.6) is 5.75 Å². The highest BCUT2D eigenvalue weighted by Gasteiger charge is 2.50. The van der Waals surface area contributed by atoms with Gasteiger partial charge in [-0.3, -0.25) is 14.4 Å². The van der Waals surface area contributed by atoms with Gasteiger partial charge in [0.1, 0.15) is 18.0 Å². The number of ether oxygens (including phenoxy) is 4. The molecule has 3 atom stereocenters. The summed E-state index contributed by atoms with van der Waals surface area (Å²) in [5, 5.41) is 2.91. The van der Waals surface area contributed by atoms with Crippen molar-refractivity contribution in [2.75, 3.05) is 6.61 Å². The lowest BCUT2D eigenvalue weighted by Crippen LogP contribution is -2.59. The zero-order valence-electron chi connectivity index (χ0n) is 21.0. The van der Waals surface area contributed by atoms with Crippen LogP contribution in [0.3, 0.4) is 0 Å². The predicted octanol–water partition coefficient (Wildman–Crippen LogP) is 4.38. The van der Waals surface area contributed by atoms with Crippen LogP contribution in [-0.2, 0) is 30.0 Å². The number of carbonyl (C=O) groups excluding carboxylic acids is 3. The fraction of sp³-hybridized carbons (Fsp3) is 0.320. The highest BCUT2D eigenvalue weighted by Crippen LogP contribution is 2.39. The van der Waals surface area contributed by atoms with Crippen molar-refractivity contribution in [3.63, 3.8) is 0 Å². The summed E-state index contributed by atoms with van der Waals surface area (Å²) in [5.74, 6) is -6.49. The average molecular weight is 637 g/mol. The summed E-state index contributed by atoms with van der Waals surface area (Å²) in [7, 11) is 0. The maximum atomic E-state index is 15.1. The molecule has 0 aliphatic carbocycles. The number of rotatable bonds is 9. The van der Waals surface area contributed by atoms with Crippen molar-refractivity contribution in [3.05, 3.63) is 69.4 Å². The molecule has 0 saturated carbocycles. The van der Waals surface area contributed by atoms with E-state index < -0.39 is 77.1 Å². The Bertz CT molecular complexity index is 1350. The van der Waals surface area contributed by atoms with Gasteiger partial charge in [0.15, 0.2) is 28.4 Å². The highest BCUT2D eigenvalue weighted by atomic mass is 79.9. The molecule has 3 rings (SSSR count). The maximum Gasteiger partial charge on any atom is 0.416 e. The number of benzene rings is 2. The number of nitrogens with one attached hydrogen (secondary N) is 1. The van der Waals surface area contributed by atoms with E-state index in [4.69, 9.17) is 24.7 Å². The van der Waals surface area contributed by atoms with Gasteiger partial charge in [0, 0.05) is 19.4 Å². The van der Waals surface area contributed by atoms with Gasteiger partial charge in [-0.25, -0.2) is 8.78 Å². The molecule has 3 N–H and O–H groups in total. The summed E-state index contributed by atoms with van der Waals surface area (Å²) in [5.41, 5.74) is 1.65. The monoisotopic (exact) mass is 636 g/mol. The molecule has 0 radical (unpaired) electrons. The van der Waals surface area contributed by atoms with Crippen LogP contribution in [0.15, 0.2) is 41.1 Å². The van der Waals surface area contributed by atoms with Crippen LogP contribution in [0.25, 0.3) is 5.70 Å². The summed E-state index contributed by atoms with van der Waals surface area (Å²) in [6.07, 6.45) is -7.67. The zero-order valence-corrected chi connectivity index (χ0v) is 22.6. The molecule has 1 aliphatic rings. The van der Waals surface area contributed by atoms with Crippen molar-refractivity contribution in [2.45, 2.75) is 44.9 Å². The van der Waals surface area contributed by atoms with E-state index >= 15 is 4.39 Å². The number of nitrogens with two attached hydrogens (primary N) is 1. The Morgan fingerprint density at radius 1 is 1.07 bits per heavy atom. The van der Waals surface area contributed by atoms with Gasteiger partial charge in [-0.05, 0) is 47.1 Å². The van der Waals surface area contributed by atoms with Crippen LogP contribution in [0.4, 0.5) is 22.0 Å². The second-order valence-electron chi connectivity index (χ2n) is 8.65. The van der Waals surface area contributed by atoms with E-state index in [-0.39, 0.29) is 15.9 Å². The minimum atomic E-state index is -4.58. The van der Waals surface area contributed by atoms with Crippen LogP contribution in [-0.4, -0.2) is 42.4 Å². The molecule has 2 aromatic rings. The van der Waals surface area contributed by atoms with Crippen LogP contribution < -0.4 is 15.8 Å². The number of hydrogen-bond acceptors (Lipinski definition) is 8. The fourth-order valence-corrected chi connectivity index (χ4v) is 4.49. The first kappa shape index (κ1) is 30.7. The average Bonchev–Trinajstić information content (AvgIpc) is 3.15. The van der Waals surface area contributed by atoms with E-state index in [2.05, 4.69) is 21.2 Å². The van der Waals surface area contributed by atoms with E-state index in [1.54, 1.807) is 0 Å². The summed E-state index contributed by atoms with van der Waals surface area (Å²) in [6, 6.07) is 5.58. The molecule has 0 fully saturated rings. The second kappa shape index (κ2) is 11.7. The van der Waals surface area contributed by atoms with Gasteiger partial charge in [-0.1, -0.05) is 12.1 Å². The molecule has 3 unspecified atom stereocenters. The third-order valence-electron chi connectivity index (χ3n) is 5.58. The third-order valence-corrected chi connectivity index (χ3v) is 6.14. The molecule has 15 heteroatoms. The van der Waals surface area contributed by atoms with Crippen molar-refractivity contribution in [1.29, 1.82) is 0 Å². The lowest BCUT2D eigenvalue weighted by molar-refractivity contribution is -0.176. The number of alkyl halides is 3. The first-order chi connectivity index (χ1) is 18.5. The van der Waals surface area contributed by atoms with Crippen molar-refractivity contribution < 1.29 is 55.3 Å². The Balaban J connectivity index is 2.06. The van der Waals surface area contributed by atoms with Crippen molar-refractivity contribution in [2.24, 2.45) is 5.73 Å². The number of amides is 1. The van der Waals surface area contributed by atoms with Gasteiger partial charge >= 0.3 is 18.1 Å². The lowest BCUT2D eigenvalue weighted by Gasteiger charge is -2.38. The zero-order chi connectivity index (χ0) is 30.0. The number of primary amides is 1. The number of halogens is 6. The molecule has 1 aliphatic heterocycles. The molecule has 2 aromatic carbocycles. The van der Waals surface area contributed by atoms with Crippen molar-refractivity contribution in [3.8, 4) is 5.75 Å². The Morgan fingerprint density at radius 3 is 2.23 bits per heavy atom. The highest BCUT2D eigenvalue weighted by molar-refractivity contribution is 9.11. The minimum Gasteiger partial charge on any atom is -0.477 e. The Kier molecular flexibility index (Phi) is 8.97. The second-order valence-corrected chi connectivity index (χ2v) is 9.37. The van der Waals surface area contributed by atoms with E-state index in [9.17, 15) is 31.9 Å². The molecule has 1 amide bonds. The van der Waals surface area contributed by atoms with Gasteiger partial charge < -0.3 is 30.0 Å². The van der Waals surface area contributed by atoms with Crippen LogP contribution in [0.2, 0.25) is 0 Å². The normalized spacial score (nSPS) is 18.3. The van der Waals surface area contributed by atoms with Crippen LogP contribution >= 0.6 is 15.9 Å². The minimum absolute atomic E-state index is 0.0187. The van der Waals surface area contributed by atoms with E-state index in [1.807, 2.05) is 0 Å². The first-order valence-corrected chi connectivity index (χ1v) is 12.1. The van der Waals surface area contributed by atoms with Gasteiger partial charge in [-0.15, -0.1) is 0 Å². The van der Waals surface area contributed by atoms with Gasteiger partial charge in [0.2, 0.25) is 5.72 Å². The van der Waals surface area contributed by atoms with E-state index in [1.165, 1.54) is 19.1 Å². The topological polar surface area (TPSA) is 126 Å². The van der Waals surface area contributed by atoms with E-state index in [0.29, 0.717) is 0 Å².